The predicted molar refractivity (Wildman–Crippen MR) is 141 cm³/mol. The maximum atomic E-state index is 13.4. The number of rotatable bonds is 7. The number of carbonyl (C=O) groups is 1. The minimum atomic E-state index is -1.29. The average molecular weight is 519 g/mol. The van der Waals surface area contributed by atoms with Gasteiger partial charge < -0.3 is 24.4 Å². The van der Waals surface area contributed by atoms with Gasteiger partial charge in [-0.25, -0.2) is 0 Å². The molecule has 1 saturated heterocycles. The molecule has 0 spiro atoms. The number of aliphatic hydroxyl groups excluding tert-OH is 1. The van der Waals surface area contributed by atoms with Crippen molar-refractivity contribution in [1.82, 2.24) is 4.31 Å². The summed E-state index contributed by atoms with van der Waals surface area (Å²) in [5, 5.41) is 12.7. The lowest BCUT2D eigenvalue weighted by Gasteiger charge is -2.24. The Labute approximate surface area is 219 Å². The summed E-state index contributed by atoms with van der Waals surface area (Å²) >= 11 is -1.29. The van der Waals surface area contributed by atoms with Crippen molar-refractivity contribution in [3.8, 4) is 16.9 Å². The normalized spacial score (nSPS) is 21.1. The zero-order valence-electron chi connectivity index (χ0n) is 20.5. The van der Waals surface area contributed by atoms with E-state index in [1.54, 1.807) is 0 Å². The second-order valence-electron chi connectivity index (χ2n) is 9.94. The summed E-state index contributed by atoms with van der Waals surface area (Å²) in [4.78, 5) is 14.1. The van der Waals surface area contributed by atoms with Gasteiger partial charge in [0.2, 0.25) is 5.91 Å². The minimum Gasteiger partial charge on any atom is -0.593 e. The van der Waals surface area contributed by atoms with Gasteiger partial charge in [-0.15, -0.1) is 4.31 Å². The van der Waals surface area contributed by atoms with Crippen molar-refractivity contribution in [3.05, 3.63) is 77.9 Å². The molecule has 2 heterocycles. The number of nitrogens with one attached hydrogen (secondary N) is 1. The molecule has 3 aromatic rings. The highest BCUT2D eigenvalue weighted by Crippen LogP contribution is 2.50. The van der Waals surface area contributed by atoms with Gasteiger partial charge in [0.15, 0.2) is 11.7 Å². The third-order valence-electron chi connectivity index (χ3n) is 7.62. The van der Waals surface area contributed by atoms with E-state index >= 15 is 0 Å². The van der Waals surface area contributed by atoms with E-state index in [0.29, 0.717) is 6.61 Å². The Kier molecular flexibility index (Phi) is 6.69. The van der Waals surface area contributed by atoms with Crippen molar-refractivity contribution < 1.29 is 23.9 Å². The third kappa shape index (κ3) is 4.76. The van der Waals surface area contributed by atoms with Crippen molar-refractivity contribution in [3.63, 3.8) is 0 Å². The van der Waals surface area contributed by atoms with Gasteiger partial charge in [-0.05, 0) is 84.8 Å². The number of amides is 1. The number of ether oxygens (including phenoxy) is 2. The summed E-state index contributed by atoms with van der Waals surface area (Å²) in [6, 6.07) is 21.4. The van der Waals surface area contributed by atoms with Crippen LogP contribution in [0.2, 0.25) is 0 Å². The first-order chi connectivity index (χ1) is 18.1. The highest BCUT2D eigenvalue weighted by molar-refractivity contribution is 7.89. The van der Waals surface area contributed by atoms with Gasteiger partial charge >= 0.3 is 0 Å². The lowest BCUT2D eigenvalue weighted by molar-refractivity contribution is -0.118. The summed E-state index contributed by atoms with van der Waals surface area (Å²) in [5.74, 6) is 0.789. The van der Waals surface area contributed by atoms with Crippen LogP contribution in [0, 0.1) is 0 Å². The van der Waals surface area contributed by atoms with Crippen LogP contribution in [0.3, 0.4) is 0 Å². The number of benzene rings is 3. The molecule has 0 bridgehead atoms. The maximum Gasteiger partial charge on any atom is 0.235 e. The summed E-state index contributed by atoms with van der Waals surface area (Å²) in [5.41, 5.74) is 4.14. The molecule has 2 aliphatic heterocycles. The number of carbonyl (C=O) groups excluding carboxylic acids is 1. The van der Waals surface area contributed by atoms with Crippen LogP contribution in [0.5, 0.6) is 5.75 Å². The molecule has 3 aromatic carbocycles. The van der Waals surface area contributed by atoms with Gasteiger partial charge in [0.1, 0.15) is 5.75 Å². The van der Waals surface area contributed by atoms with Crippen LogP contribution < -0.4 is 10.1 Å². The number of hydrogen-bond acceptors (Lipinski definition) is 6. The Bertz CT molecular complexity index is 1290. The third-order valence-corrected chi connectivity index (χ3v) is 9.20. The van der Waals surface area contributed by atoms with Gasteiger partial charge in [-0.3, -0.25) is 4.79 Å². The number of nitrogens with zero attached hydrogens (tertiary/aromatic N) is 1. The van der Waals surface area contributed by atoms with Crippen molar-refractivity contribution in [1.29, 1.82) is 0 Å². The fourth-order valence-corrected chi connectivity index (χ4v) is 6.65. The zero-order chi connectivity index (χ0) is 25.4. The molecule has 3 aliphatic rings. The molecule has 2 atom stereocenters. The van der Waals surface area contributed by atoms with Gasteiger partial charge in [0.05, 0.1) is 36.0 Å². The summed E-state index contributed by atoms with van der Waals surface area (Å²) < 4.78 is 25.8. The average Bonchev–Trinajstić information content (AvgIpc) is 3.63. The van der Waals surface area contributed by atoms with Gasteiger partial charge in [-0.2, -0.15) is 0 Å². The zero-order valence-corrected chi connectivity index (χ0v) is 21.3. The van der Waals surface area contributed by atoms with Gasteiger partial charge in [-0.1, -0.05) is 24.3 Å². The molecule has 1 unspecified atom stereocenters. The first kappa shape index (κ1) is 24.5. The Hall–Kier alpha value is -2.88. The Balaban J connectivity index is 1.16. The van der Waals surface area contributed by atoms with Gasteiger partial charge in [0.25, 0.3) is 0 Å². The summed E-state index contributed by atoms with van der Waals surface area (Å²) in [7, 11) is 0. The number of hydrogen-bond donors (Lipinski definition) is 2. The second kappa shape index (κ2) is 10.1. The Morgan fingerprint density at radius 2 is 1.95 bits per heavy atom. The van der Waals surface area contributed by atoms with E-state index in [0.717, 1.165) is 70.8 Å². The van der Waals surface area contributed by atoms with Crippen LogP contribution in [0.15, 0.2) is 71.6 Å². The molecule has 8 heteroatoms. The fraction of sp³-hybridized carbons (Fsp3) is 0.345. The van der Waals surface area contributed by atoms with E-state index in [9.17, 15) is 14.5 Å². The van der Waals surface area contributed by atoms with Crippen LogP contribution >= 0.6 is 0 Å². The molecule has 1 saturated carbocycles. The molecule has 0 aromatic heterocycles. The molecule has 1 amide bonds. The Morgan fingerprint density at radius 1 is 1.11 bits per heavy atom. The monoisotopic (exact) mass is 518 g/mol. The minimum absolute atomic E-state index is 0.00791. The van der Waals surface area contributed by atoms with Crippen LogP contribution in [0.1, 0.15) is 36.8 Å². The second-order valence-corrected chi connectivity index (χ2v) is 11.4. The lowest BCUT2D eigenvalue weighted by Crippen LogP contribution is -2.37. The Morgan fingerprint density at radius 3 is 2.73 bits per heavy atom. The molecule has 37 heavy (non-hydrogen) atoms. The molecule has 0 radical (unpaired) electrons. The predicted octanol–water partition coefficient (Wildman–Crippen LogP) is 4.37. The van der Waals surface area contributed by atoms with E-state index in [1.807, 2.05) is 71.0 Å². The molecule has 1 aliphatic carbocycles. The van der Waals surface area contributed by atoms with E-state index < -0.39 is 16.8 Å². The summed E-state index contributed by atoms with van der Waals surface area (Å²) in [6.45, 7) is 1.52. The van der Waals surface area contributed by atoms with Crippen LogP contribution in [-0.2, 0) is 32.9 Å². The molecule has 2 N–H and O–H groups in total. The lowest BCUT2D eigenvalue weighted by atomic mass is 9.93. The smallest absolute Gasteiger partial charge is 0.235 e. The number of anilines is 1. The highest BCUT2D eigenvalue weighted by atomic mass is 32.2. The number of fused-ring (bicyclic) bond motifs is 1. The highest BCUT2D eigenvalue weighted by Gasteiger charge is 2.51. The maximum absolute atomic E-state index is 13.4. The van der Waals surface area contributed by atoms with Gasteiger partial charge in [0, 0.05) is 17.8 Å². The molecular weight excluding hydrogens is 488 g/mol. The van der Waals surface area contributed by atoms with E-state index in [4.69, 9.17) is 9.47 Å². The SMILES string of the molecule is O=C(Nc1cccc(-c2ccc([S+]([O-])N3CCC[C@@H]3CO)cc2)c1)C1(c2ccc3c(c2)OCOC3)CC1. The first-order valence-corrected chi connectivity index (χ1v) is 13.8. The van der Waals surface area contributed by atoms with E-state index in [-0.39, 0.29) is 25.3 Å². The molecular formula is C29H30N2O5S. The van der Waals surface area contributed by atoms with Crippen LogP contribution in [-0.4, -0.2) is 45.9 Å². The topological polar surface area (TPSA) is 94.1 Å². The van der Waals surface area contributed by atoms with Crippen molar-refractivity contribution in [2.75, 3.05) is 25.3 Å². The molecule has 192 valence electrons. The van der Waals surface area contributed by atoms with E-state index in [2.05, 4.69) is 5.32 Å². The molecule has 2 fully saturated rings. The van der Waals surface area contributed by atoms with E-state index in [1.165, 1.54) is 0 Å². The van der Waals surface area contributed by atoms with Crippen LogP contribution in [0.4, 0.5) is 5.69 Å². The molecule has 7 nitrogen and oxygen atoms in total. The molecule has 6 rings (SSSR count). The summed E-state index contributed by atoms with van der Waals surface area (Å²) in [6.07, 6.45) is 3.43. The van der Waals surface area contributed by atoms with Crippen molar-refractivity contribution in [2.45, 2.75) is 48.6 Å². The van der Waals surface area contributed by atoms with Crippen LogP contribution in [0.25, 0.3) is 11.1 Å². The largest absolute Gasteiger partial charge is 0.593 e. The first-order valence-electron chi connectivity index (χ1n) is 12.7. The van der Waals surface area contributed by atoms with Crippen molar-refractivity contribution in [2.24, 2.45) is 0 Å². The standard InChI is InChI=1S/C29H30N2O5S/c32-17-25-5-2-14-31(25)37(34)26-10-7-20(8-11-26)21-3-1-4-24(15-21)30-28(33)29(12-13-29)23-9-6-22-18-35-19-36-27(22)16-23/h1,3-4,6-11,15-16,25,32H,2,5,12-14,17-19H2,(H,30,33)/t25-,37?/m1/s1. The number of aliphatic hydroxyl groups is 1. The quantitative estimate of drug-likeness (QED) is 0.451. The fourth-order valence-electron chi connectivity index (χ4n) is 5.27. The van der Waals surface area contributed by atoms with Crippen molar-refractivity contribution >= 4 is 23.0 Å².